The van der Waals surface area contributed by atoms with Gasteiger partial charge in [0.15, 0.2) is 0 Å². The molecular formula is C13H28ClN3O2. The lowest BCUT2D eigenvalue weighted by molar-refractivity contribution is -0.128. The lowest BCUT2D eigenvalue weighted by Gasteiger charge is -2.18. The molecule has 0 saturated carbocycles. The van der Waals surface area contributed by atoms with E-state index in [1.54, 1.807) is 0 Å². The van der Waals surface area contributed by atoms with Crippen LogP contribution in [0.1, 0.15) is 41.0 Å². The van der Waals surface area contributed by atoms with Gasteiger partial charge in [-0.25, -0.2) is 0 Å². The predicted molar refractivity (Wildman–Crippen MR) is 80.2 cm³/mol. The third-order valence-electron chi connectivity index (χ3n) is 2.45. The number of nitrogens with one attached hydrogen (secondary N) is 2. The van der Waals surface area contributed by atoms with Crippen LogP contribution in [0.2, 0.25) is 0 Å². The van der Waals surface area contributed by atoms with Crippen LogP contribution < -0.4 is 16.4 Å². The molecule has 5 nitrogen and oxygen atoms in total. The molecule has 0 fully saturated rings. The Kier molecular flexibility index (Phi) is 9.88. The molecule has 0 aromatic heterocycles. The van der Waals surface area contributed by atoms with E-state index in [1.807, 2.05) is 34.6 Å². The molecule has 0 aromatic carbocycles. The molecule has 114 valence electrons. The van der Waals surface area contributed by atoms with Crippen molar-refractivity contribution in [3.63, 3.8) is 0 Å². The fraction of sp³-hybridized carbons (Fsp3) is 0.846. The fourth-order valence-electron chi connectivity index (χ4n) is 1.37. The maximum Gasteiger partial charge on any atom is 0.236 e. The van der Waals surface area contributed by atoms with Gasteiger partial charge >= 0.3 is 0 Å². The Hall–Kier alpha value is -0.810. The average molecular weight is 294 g/mol. The molecule has 1 atom stereocenters. The van der Waals surface area contributed by atoms with Gasteiger partial charge in [0, 0.05) is 18.5 Å². The van der Waals surface area contributed by atoms with E-state index in [2.05, 4.69) is 10.6 Å². The van der Waals surface area contributed by atoms with Crippen molar-refractivity contribution in [2.45, 2.75) is 47.1 Å². The fourth-order valence-corrected chi connectivity index (χ4v) is 1.37. The van der Waals surface area contributed by atoms with Crippen LogP contribution >= 0.6 is 12.4 Å². The van der Waals surface area contributed by atoms with Crippen LogP contribution in [0, 0.1) is 11.3 Å². The summed E-state index contributed by atoms with van der Waals surface area (Å²) < 4.78 is 0. The molecule has 0 aromatic rings. The molecule has 4 N–H and O–H groups in total. The first-order valence-electron chi connectivity index (χ1n) is 6.46. The van der Waals surface area contributed by atoms with Gasteiger partial charge in [-0.3, -0.25) is 9.59 Å². The summed E-state index contributed by atoms with van der Waals surface area (Å²) in [5, 5.41) is 5.48. The van der Waals surface area contributed by atoms with Gasteiger partial charge in [0.05, 0.1) is 6.04 Å². The topological polar surface area (TPSA) is 84.2 Å². The Labute approximate surface area is 122 Å². The number of amides is 2. The van der Waals surface area contributed by atoms with E-state index >= 15 is 0 Å². The van der Waals surface area contributed by atoms with Gasteiger partial charge in [-0.1, -0.05) is 34.6 Å². The number of hydrogen-bond donors (Lipinski definition) is 3. The second-order valence-corrected chi connectivity index (χ2v) is 6.03. The molecule has 6 heteroatoms. The third kappa shape index (κ3) is 9.73. The molecule has 0 rings (SSSR count). The first-order chi connectivity index (χ1) is 8.14. The number of nitrogens with two attached hydrogens (primary N) is 1. The van der Waals surface area contributed by atoms with Crippen LogP contribution in [0.3, 0.4) is 0 Å². The number of halogens is 1. The lowest BCUT2D eigenvalue weighted by atomic mass is 9.96. The number of rotatable bonds is 6. The minimum atomic E-state index is -0.469. The number of hydrogen-bond acceptors (Lipinski definition) is 3. The van der Waals surface area contributed by atoms with Crippen LogP contribution in [-0.4, -0.2) is 30.9 Å². The molecule has 0 spiro atoms. The maximum absolute atomic E-state index is 11.6. The van der Waals surface area contributed by atoms with Crippen LogP contribution in [0.5, 0.6) is 0 Å². The standard InChI is InChI=1S/C13H27N3O2.ClH/c1-9(2)8-10(14)11(17)15-6-7-16-12(18)13(3,4)5;/h9-10H,6-8,14H2,1-5H3,(H,15,17)(H,16,18);1H/t10-;/m0./s1. The Morgan fingerprint density at radius 3 is 2.00 bits per heavy atom. The molecule has 0 aliphatic heterocycles. The zero-order valence-electron chi connectivity index (χ0n) is 12.6. The van der Waals surface area contributed by atoms with Crippen LogP contribution in [0.15, 0.2) is 0 Å². The average Bonchev–Trinajstić information content (AvgIpc) is 2.21. The van der Waals surface area contributed by atoms with Crippen molar-refractivity contribution in [2.24, 2.45) is 17.1 Å². The van der Waals surface area contributed by atoms with Crippen LogP contribution in [0.4, 0.5) is 0 Å². The van der Waals surface area contributed by atoms with Gasteiger partial charge in [0.1, 0.15) is 0 Å². The minimum Gasteiger partial charge on any atom is -0.354 e. The van der Waals surface area contributed by atoms with Crippen molar-refractivity contribution in [3.8, 4) is 0 Å². The normalized spacial score (nSPS) is 12.6. The van der Waals surface area contributed by atoms with Crippen molar-refractivity contribution < 1.29 is 9.59 Å². The highest BCUT2D eigenvalue weighted by Gasteiger charge is 2.20. The van der Waals surface area contributed by atoms with Crippen molar-refractivity contribution in [2.75, 3.05) is 13.1 Å². The Bertz CT molecular complexity index is 288. The minimum absolute atomic E-state index is 0. The van der Waals surface area contributed by atoms with Crippen molar-refractivity contribution in [3.05, 3.63) is 0 Å². The molecule has 0 saturated heterocycles. The highest BCUT2D eigenvalue weighted by molar-refractivity contribution is 5.85. The predicted octanol–water partition coefficient (Wildman–Crippen LogP) is 1.06. The SMILES string of the molecule is CC(C)C[C@H](N)C(=O)NCCNC(=O)C(C)(C)C.Cl. The molecule has 2 amide bonds. The van der Waals surface area contributed by atoms with E-state index < -0.39 is 11.5 Å². The molecule has 0 radical (unpaired) electrons. The number of carbonyl (C=O) groups excluding carboxylic acids is 2. The summed E-state index contributed by atoms with van der Waals surface area (Å²) in [6.45, 7) is 10.4. The quantitative estimate of drug-likeness (QED) is 0.640. The van der Waals surface area contributed by atoms with Gasteiger partial charge in [-0.05, 0) is 12.3 Å². The molecule has 0 unspecified atom stereocenters. The second kappa shape index (κ2) is 9.15. The van der Waals surface area contributed by atoms with Crippen molar-refractivity contribution in [1.82, 2.24) is 10.6 Å². The summed E-state index contributed by atoms with van der Waals surface area (Å²) in [4.78, 5) is 23.1. The van der Waals surface area contributed by atoms with Gasteiger partial charge in [-0.15, -0.1) is 12.4 Å². The second-order valence-electron chi connectivity index (χ2n) is 6.03. The van der Waals surface area contributed by atoms with Crippen molar-refractivity contribution in [1.29, 1.82) is 0 Å². The van der Waals surface area contributed by atoms with Crippen LogP contribution in [-0.2, 0) is 9.59 Å². The van der Waals surface area contributed by atoms with E-state index in [0.29, 0.717) is 25.4 Å². The van der Waals surface area contributed by atoms with Gasteiger partial charge in [0.25, 0.3) is 0 Å². The molecule has 19 heavy (non-hydrogen) atoms. The molecule has 0 aliphatic rings. The summed E-state index contributed by atoms with van der Waals surface area (Å²) in [5.74, 6) is 0.211. The largest absolute Gasteiger partial charge is 0.354 e. The molecular weight excluding hydrogens is 266 g/mol. The third-order valence-corrected chi connectivity index (χ3v) is 2.45. The zero-order chi connectivity index (χ0) is 14.3. The van der Waals surface area contributed by atoms with E-state index in [0.717, 1.165) is 0 Å². The first kappa shape index (κ1) is 20.5. The lowest BCUT2D eigenvalue weighted by Crippen LogP contribution is -2.45. The van der Waals surface area contributed by atoms with Gasteiger partial charge in [-0.2, -0.15) is 0 Å². The molecule has 0 aliphatic carbocycles. The van der Waals surface area contributed by atoms with E-state index in [1.165, 1.54) is 0 Å². The zero-order valence-corrected chi connectivity index (χ0v) is 13.4. The highest BCUT2D eigenvalue weighted by atomic mass is 35.5. The van der Waals surface area contributed by atoms with Crippen LogP contribution in [0.25, 0.3) is 0 Å². The van der Waals surface area contributed by atoms with Crippen molar-refractivity contribution >= 4 is 24.2 Å². The summed E-state index contributed by atoms with van der Waals surface area (Å²) in [6.07, 6.45) is 0.667. The summed E-state index contributed by atoms with van der Waals surface area (Å²) in [6, 6.07) is -0.469. The molecule has 0 heterocycles. The summed E-state index contributed by atoms with van der Waals surface area (Å²) >= 11 is 0. The highest BCUT2D eigenvalue weighted by Crippen LogP contribution is 2.11. The summed E-state index contributed by atoms with van der Waals surface area (Å²) in [7, 11) is 0. The van der Waals surface area contributed by atoms with Gasteiger partial charge < -0.3 is 16.4 Å². The number of carbonyl (C=O) groups is 2. The monoisotopic (exact) mass is 293 g/mol. The van der Waals surface area contributed by atoms with E-state index in [-0.39, 0.29) is 24.2 Å². The smallest absolute Gasteiger partial charge is 0.236 e. The maximum atomic E-state index is 11.6. The Morgan fingerprint density at radius 1 is 1.11 bits per heavy atom. The van der Waals surface area contributed by atoms with Gasteiger partial charge in [0.2, 0.25) is 11.8 Å². The first-order valence-corrected chi connectivity index (χ1v) is 6.46. The van der Waals surface area contributed by atoms with E-state index in [4.69, 9.17) is 5.73 Å². The van der Waals surface area contributed by atoms with E-state index in [9.17, 15) is 9.59 Å². The Balaban J connectivity index is 0. The summed E-state index contributed by atoms with van der Waals surface area (Å²) in [5.41, 5.74) is 5.33. The molecule has 0 bridgehead atoms. The Morgan fingerprint density at radius 2 is 1.58 bits per heavy atom.